The zero-order chi connectivity index (χ0) is 18.0. The maximum Gasteiger partial charge on any atom is 0.323 e. The smallest absolute Gasteiger partial charge is 0.323 e. The van der Waals surface area contributed by atoms with Crippen molar-refractivity contribution in [3.63, 3.8) is 0 Å². The number of aromatic hydroxyl groups is 1. The lowest BCUT2D eigenvalue weighted by Crippen LogP contribution is -2.66. The average Bonchev–Trinajstić information content (AvgIpc) is 2.62. The number of nitrogens with zero attached hydrogens (tertiary/aromatic N) is 1. The van der Waals surface area contributed by atoms with Gasteiger partial charge in [0.05, 0.1) is 13.1 Å². The Morgan fingerprint density at radius 2 is 1.92 bits per heavy atom. The third-order valence-corrected chi connectivity index (χ3v) is 5.76. The molecule has 3 fully saturated rings. The largest absolute Gasteiger partial charge is 0.508 e. The molecule has 3 saturated heterocycles. The van der Waals surface area contributed by atoms with Crippen LogP contribution in [0, 0.1) is 5.92 Å². The minimum absolute atomic E-state index is 0.0778. The summed E-state index contributed by atoms with van der Waals surface area (Å²) in [5, 5.41) is 12.3. The Hall–Kier alpha value is -1.92. The zero-order valence-corrected chi connectivity index (χ0v) is 14.9. The molecule has 25 heavy (non-hydrogen) atoms. The van der Waals surface area contributed by atoms with E-state index in [-0.39, 0.29) is 29.6 Å². The zero-order valence-electron chi connectivity index (χ0n) is 14.9. The number of piperidine rings is 3. The number of benzene rings is 1. The van der Waals surface area contributed by atoms with E-state index in [0.717, 1.165) is 32.5 Å². The summed E-state index contributed by atoms with van der Waals surface area (Å²) in [5.74, 6) is 0.433. The molecule has 3 aliphatic rings. The highest BCUT2D eigenvalue weighted by atomic mass is 16.5. The fourth-order valence-electron chi connectivity index (χ4n) is 3.99. The summed E-state index contributed by atoms with van der Waals surface area (Å²) in [4.78, 5) is 24.8. The summed E-state index contributed by atoms with van der Waals surface area (Å²) < 4.78 is 6.44. The second-order valence-corrected chi connectivity index (χ2v) is 7.42. The number of ether oxygens (including phenoxy) is 1. The molecule has 3 aliphatic heterocycles. The molecule has 2 atom stereocenters. The Balaban J connectivity index is 1.67. The third kappa shape index (κ3) is 3.85. The quantitative estimate of drug-likeness (QED) is 0.461. The minimum atomic E-state index is -0.317. The molecular formula is C19H27N2O4+. The lowest BCUT2D eigenvalue weighted by Gasteiger charge is -2.51. The van der Waals surface area contributed by atoms with Crippen LogP contribution in [0.3, 0.4) is 0 Å². The number of quaternary nitrogens is 1. The summed E-state index contributed by atoms with van der Waals surface area (Å²) in [5.41, 5.74) is 0.621. The summed E-state index contributed by atoms with van der Waals surface area (Å²) in [7, 11) is 1.74. The first-order valence-electron chi connectivity index (χ1n) is 8.97. The monoisotopic (exact) mass is 347 g/mol. The van der Waals surface area contributed by atoms with Crippen LogP contribution in [-0.4, -0.2) is 66.7 Å². The van der Waals surface area contributed by atoms with E-state index in [9.17, 15) is 14.7 Å². The van der Waals surface area contributed by atoms with Crippen molar-refractivity contribution in [3.05, 3.63) is 29.8 Å². The van der Waals surface area contributed by atoms with Gasteiger partial charge in [-0.3, -0.25) is 9.59 Å². The summed E-state index contributed by atoms with van der Waals surface area (Å²) in [6.45, 7) is 4.86. The van der Waals surface area contributed by atoms with Gasteiger partial charge in [0.2, 0.25) is 5.78 Å². The van der Waals surface area contributed by atoms with Crippen LogP contribution in [0.25, 0.3) is 0 Å². The molecule has 0 saturated carbocycles. The molecule has 2 unspecified atom stereocenters. The van der Waals surface area contributed by atoms with E-state index in [1.807, 2.05) is 0 Å². The number of carbonyl (C=O) groups excluding carboxylic acids is 2. The van der Waals surface area contributed by atoms with Gasteiger partial charge in [-0.2, -0.15) is 0 Å². The van der Waals surface area contributed by atoms with Gasteiger partial charge in [-0.05, 0) is 38.2 Å². The Kier molecular flexibility index (Phi) is 5.11. The highest BCUT2D eigenvalue weighted by Crippen LogP contribution is 2.36. The van der Waals surface area contributed by atoms with Crippen LogP contribution in [0.2, 0.25) is 0 Å². The molecule has 0 aromatic heterocycles. The molecule has 0 aliphatic carbocycles. The SMILES string of the molecule is CNC(C)C(=O)OC1C[N+]2(CC(=O)c3ccc(O)cc3)CCC1CC2. The molecule has 6 heteroatoms. The van der Waals surface area contributed by atoms with E-state index >= 15 is 0 Å². The molecule has 1 aromatic rings. The van der Waals surface area contributed by atoms with Crippen molar-refractivity contribution in [2.75, 3.05) is 33.2 Å². The fourth-order valence-corrected chi connectivity index (χ4v) is 3.99. The second kappa shape index (κ2) is 7.14. The number of phenolic OH excluding ortho intramolecular Hbond substituents is 1. The Labute approximate surface area is 148 Å². The molecule has 0 amide bonds. The van der Waals surface area contributed by atoms with Crippen LogP contribution >= 0.6 is 0 Å². The van der Waals surface area contributed by atoms with Crippen molar-refractivity contribution in [2.24, 2.45) is 5.92 Å². The van der Waals surface area contributed by atoms with Crippen molar-refractivity contribution in [2.45, 2.75) is 31.9 Å². The molecule has 4 rings (SSSR count). The number of Topliss-reactive ketones (excluding diaryl/α,β-unsaturated/α-hetero) is 1. The normalized spacial score (nSPS) is 29.2. The predicted molar refractivity (Wildman–Crippen MR) is 93.3 cm³/mol. The molecule has 0 radical (unpaired) electrons. The maximum atomic E-state index is 12.7. The van der Waals surface area contributed by atoms with Gasteiger partial charge in [-0.1, -0.05) is 0 Å². The van der Waals surface area contributed by atoms with Gasteiger partial charge in [0.1, 0.15) is 24.9 Å². The van der Waals surface area contributed by atoms with E-state index in [1.165, 1.54) is 0 Å². The van der Waals surface area contributed by atoms with Crippen LogP contribution in [0.15, 0.2) is 24.3 Å². The number of likely N-dealkylation sites (N-methyl/N-ethyl adjacent to an activating group) is 1. The van der Waals surface area contributed by atoms with Crippen LogP contribution in [0.5, 0.6) is 5.75 Å². The molecule has 0 spiro atoms. The van der Waals surface area contributed by atoms with E-state index in [1.54, 1.807) is 38.2 Å². The lowest BCUT2D eigenvalue weighted by molar-refractivity contribution is -0.938. The van der Waals surface area contributed by atoms with Gasteiger partial charge in [-0.25, -0.2) is 0 Å². The second-order valence-electron chi connectivity index (χ2n) is 7.42. The maximum absolute atomic E-state index is 12.7. The average molecular weight is 347 g/mol. The number of rotatable bonds is 6. The number of hydrogen-bond acceptors (Lipinski definition) is 5. The number of nitrogens with one attached hydrogen (secondary N) is 1. The van der Waals surface area contributed by atoms with Crippen molar-refractivity contribution < 1.29 is 23.9 Å². The molecule has 136 valence electrons. The van der Waals surface area contributed by atoms with Crippen molar-refractivity contribution in [1.29, 1.82) is 0 Å². The van der Waals surface area contributed by atoms with Gasteiger partial charge in [0.25, 0.3) is 0 Å². The van der Waals surface area contributed by atoms with Crippen LogP contribution < -0.4 is 5.32 Å². The van der Waals surface area contributed by atoms with Crippen molar-refractivity contribution in [1.82, 2.24) is 5.32 Å². The number of hydrogen-bond donors (Lipinski definition) is 2. The molecule has 1 aromatic carbocycles. The number of phenols is 1. The summed E-state index contributed by atoms with van der Waals surface area (Å²) in [6.07, 6.45) is 1.89. The number of ketones is 1. The predicted octanol–water partition coefficient (Wildman–Crippen LogP) is 1.33. The standard InChI is InChI=1S/C19H26N2O4/c1-13(20-2)19(24)25-18-12-21(9-7-15(18)8-10-21)11-17(23)14-3-5-16(22)6-4-14/h3-6,13,15,18,20H,7-12H2,1-2H3/p+1. The Bertz CT molecular complexity index is 635. The third-order valence-electron chi connectivity index (χ3n) is 5.76. The number of carbonyl (C=O) groups is 2. The molecule has 3 heterocycles. The summed E-state index contributed by atoms with van der Waals surface area (Å²) >= 11 is 0. The Morgan fingerprint density at radius 3 is 2.52 bits per heavy atom. The van der Waals surface area contributed by atoms with Crippen molar-refractivity contribution in [3.8, 4) is 5.75 Å². The van der Waals surface area contributed by atoms with Gasteiger partial charge in [-0.15, -0.1) is 0 Å². The molecule has 6 nitrogen and oxygen atoms in total. The topological polar surface area (TPSA) is 75.6 Å². The Morgan fingerprint density at radius 1 is 1.28 bits per heavy atom. The number of fused-ring (bicyclic) bond motifs is 3. The van der Waals surface area contributed by atoms with Crippen LogP contribution in [-0.2, 0) is 9.53 Å². The van der Waals surface area contributed by atoms with Gasteiger partial charge < -0.3 is 19.6 Å². The number of esters is 1. The first kappa shape index (κ1) is 17.9. The van der Waals surface area contributed by atoms with Crippen LogP contribution in [0.1, 0.15) is 30.1 Å². The first-order valence-corrected chi connectivity index (χ1v) is 8.97. The van der Waals surface area contributed by atoms with E-state index in [0.29, 0.717) is 22.5 Å². The van der Waals surface area contributed by atoms with Gasteiger partial charge in [0, 0.05) is 24.3 Å². The highest BCUT2D eigenvalue weighted by Gasteiger charge is 2.48. The minimum Gasteiger partial charge on any atom is -0.508 e. The van der Waals surface area contributed by atoms with Crippen LogP contribution in [0.4, 0.5) is 0 Å². The summed E-state index contributed by atoms with van der Waals surface area (Å²) in [6, 6.07) is 6.10. The molecule has 2 N–H and O–H groups in total. The lowest BCUT2D eigenvalue weighted by atomic mass is 9.82. The highest BCUT2D eigenvalue weighted by molar-refractivity contribution is 5.97. The van der Waals surface area contributed by atoms with Gasteiger partial charge in [0.15, 0.2) is 6.10 Å². The fraction of sp³-hybridized carbons (Fsp3) is 0.579. The van der Waals surface area contributed by atoms with Crippen molar-refractivity contribution >= 4 is 11.8 Å². The van der Waals surface area contributed by atoms with E-state index in [4.69, 9.17) is 4.74 Å². The van der Waals surface area contributed by atoms with E-state index in [2.05, 4.69) is 5.32 Å². The molecule has 2 bridgehead atoms. The van der Waals surface area contributed by atoms with E-state index < -0.39 is 0 Å². The van der Waals surface area contributed by atoms with Gasteiger partial charge >= 0.3 is 5.97 Å². The first-order chi connectivity index (χ1) is 11.9. The molecular weight excluding hydrogens is 320 g/mol.